The Kier molecular flexibility index (Phi) is 4.76. The molecule has 3 rings (SSSR count). The van der Waals surface area contributed by atoms with Crippen molar-refractivity contribution in [1.82, 2.24) is 5.43 Å². The lowest BCUT2D eigenvalue weighted by atomic mass is 10.1. The number of nitrogens with one attached hydrogen (secondary N) is 1. The molecule has 0 aliphatic carbocycles. The highest BCUT2D eigenvalue weighted by Gasteiger charge is 2.34. The first-order chi connectivity index (χ1) is 12.0. The Morgan fingerprint density at radius 1 is 1.04 bits per heavy atom. The summed E-state index contributed by atoms with van der Waals surface area (Å²) in [5.74, 6) is 0.168. The fraction of sp³-hybridized carbons (Fsp3) is 0.111. The van der Waals surface area contributed by atoms with E-state index in [1.54, 1.807) is 36.4 Å². The van der Waals surface area contributed by atoms with Crippen molar-refractivity contribution in [2.24, 2.45) is 0 Å². The molecule has 0 bridgehead atoms. The number of ether oxygens (including phenoxy) is 2. The van der Waals surface area contributed by atoms with Crippen molar-refractivity contribution >= 4 is 39.5 Å². The van der Waals surface area contributed by atoms with Crippen LogP contribution in [0.25, 0.3) is 6.08 Å². The van der Waals surface area contributed by atoms with Crippen molar-refractivity contribution in [3.05, 3.63) is 58.1 Å². The molecule has 2 aromatic rings. The van der Waals surface area contributed by atoms with E-state index in [1.807, 2.05) is 6.07 Å². The van der Waals surface area contributed by atoms with E-state index in [2.05, 4.69) is 21.4 Å². The van der Waals surface area contributed by atoms with E-state index in [-0.39, 0.29) is 5.57 Å². The second-order valence-corrected chi connectivity index (χ2v) is 6.06. The van der Waals surface area contributed by atoms with Crippen LogP contribution in [0.3, 0.4) is 0 Å². The molecule has 25 heavy (non-hydrogen) atoms. The molecule has 1 fully saturated rings. The van der Waals surface area contributed by atoms with Gasteiger partial charge in [0.1, 0.15) is 5.57 Å². The highest BCUT2D eigenvalue weighted by molar-refractivity contribution is 9.10. The number of anilines is 1. The summed E-state index contributed by atoms with van der Waals surface area (Å²) in [5, 5.41) is 1.23. The topological polar surface area (TPSA) is 67.9 Å². The van der Waals surface area contributed by atoms with E-state index in [1.165, 1.54) is 25.3 Å². The van der Waals surface area contributed by atoms with Gasteiger partial charge < -0.3 is 9.47 Å². The van der Waals surface area contributed by atoms with Gasteiger partial charge in [0.05, 0.1) is 19.9 Å². The van der Waals surface area contributed by atoms with Gasteiger partial charge in [-0.25, -0.2) is 5.01 Å². The van der Waals surface area contributed by atoms with Crippen LogP contribution in [-0.2, 0) is 9.59 Å². The van der Waals surface area contributed by atoms with Gasteiger partial charge in [-0.2, -0.15) is 0 Å². The van der Waals surface area contributed by atoms with Crippen LogP contribution in [0.2, 0.25) is 0 Å². The fourth-order valence-corrected chi connectivity index (χ4v) is 2.89. The first kappa shape index (κ1) is 17.0. The Morgan fingerprint density at radius 2 is 1.68 bits per heavy atom. The summed E-state index contributed by atoms with van der Waals surface area (Å²) in [7, 11) is 3.06. The van der Waals surface area contributed by atoms with Crippen molar-refractivity contribution < 1.29 is 19.1 Å². The molecule has 7 heteroatoms. The Balaban J connectivity index is 1.99. The van der Waals surface area contributed by atoms with Gasteiger partial charge in [-0.05, 0) is 35.9 Å². The van der Waals surface area contributed by atoms with E-state index in [9.17, 15) is 9.59 Å². The minimum Gasteiger partial charge on any atom is -0.493 e. The van der Waals surface area contributed by atoms with E-state index < -0.39 is 11.8 Å². The van der Waals surface area contributed by atoms with Gasteiger partial charge in [0.2, 0.25) is 0 Å². The predicted molar refractivity (Wildman–Crippen MR) is 97.3 cm³/mol. The van der Waals surface area contributed by atoms with Crippen molar-refractivity contribution in [2.45, 2.75) is 0 Å². The van der Waals surface area contributed by atoms with Gasteiger partial charge >= 0.3 is 0 Å². The lowest BCUT2D eigenvalue weighted by Crippen LogP contribution is -2.35. The smallest absolute Gasteiger partial charge is 0.282 e. The summed E-state index contributed by atoms with van der Waals surface area (Å²) in [4.78, 5) is 24.9. The molecule has 1 aliphatic heterocycles. The van der Waals surface area contributed by atoms with Crippen LogP contribution < -0.4 is 19.9 Å². The molecule has 128 valence electrons. The van der Waals surface area contributed by atoms with Gasteiger partial charge in [0, 0.05) is 4.47 Å². The number of hydrogen-bond donors (Lipinski definition) is 1. The zero-order valence-electron chi connectivity index (χ0n) is 13.6. The summed E-state index contributed by atoms with van der Waals surface area (Å²) in [6.07, 6.45) is 1.52. The molecule has 0 radical (unpaired) electrons. The Hall–Kier alpha value is -2.80. The van der Waals surface area contributed by atoms with Crippen LogP contribution >= 0.6 is 15.9 Å². The zero-order valence-corrected chi connectivity index (χ0v) is 15.2. The maximum atomic E-state index is 12.6. The lowest BCUT2D eigenvalue weighted by Gasteiger charge is -2.14. The third kappa shape index (κ3) is 3.23. The Morgan fingerprint density at radius 3 is 2.32 bits per heavy atom. The summed E-state index contributed by atoms with van der Waals surface area (Å²) in [6.45, 7) is 0. The minimum atomic E-state index is -0.462. The molecule has 2 aromatic carbocycles. The maximum Gasteiger partial charge on any atom is 0.282 e. The van der Waals surface area contributed by atoms with Crippen LogP contribution in [0.1, 0.15) is 5.56 Å². The van der Waals surface area contributed by atoms with Crippen LogP contribution in [0.4, 0.5) is 5.69 Å². The molecule has 1 heterocycles. The molecule has 0 spiro atoms. The highest BCUT2D eigenvalue weighted by atomic mass is 79.9. The average Bonchev–Trinajstić information content (AvgIpc) is 2.91. The van der Waals surface area contributed by atoms with Gasteiger partial charge in [-0.1, -0.05) is 34.1 Å². The second-order valence-electron chi connectivity index (χ2n) is 5.20. The molecule has 1 aliphatic rings. The highest BCUT2D eigenvalue weighted by Crippen LogP contribution is 2.35. The minimum absolute atomic E-state index is 0.0387. The SMILES string of the molecule is COc1cc(Br)c(/C=C2/C(=O)NN(c3ccccc3)C2=O)cc1OC. The van der Waals surface area contributed by atoms with Crippen LogP contribution in [0.15, 0.2) is 52.5 Å². The predicted octanol–water partition coefficient (Wildman–Crippen LogP) is 2.93. The summed E-state index contributed by atoms with van der Waals surface area (Å²) in [6, 6.07) is 12.3. The quantitative estimate of drug-likeness (QED) is 0.630. The molecular weight excluding hydrogens is 388 g/mol. The van der Waals surface area contributed by atoms with Gasteiger partial charge in [-0.3, -0.25) is 15.0 Å². The molecule has 0 aromatic heterocycles. The number of carbonyl (C=O) groups is 2. The fourth-order valence-electron chi connectivity index (χ4n) is 2.45. The number of hydrogen-bond acceptors (Lipinski definition) is 4. The molecular formula is C18H15BrN2O4. The molecule has 0 saturated carbocycles. The number of rotatable bonds is 4. The number of para-hydroxylation sites is 1. The van der Waals surface area contributed by atoms with Gasteiger partial charge in [0.15, 0.2) is 11.5 Å². The van der Waals surface area contributed by atoms with E-state index in [4.69, 9.17) is 9.47 Å². The van der Waals surface area contributed by atoms with Crippen molar-refractivity contribution in [3.63, 3.8) is 0 Å². The Labute approximate surface area is 153 Å². The third-order valence-electron chi connectivity index (χ3n) is 3.71. The molecule has 2 amide bonds. The van der Waals surface area contributed by atoms with Gasteiger partial charge in [-0.15, -0.1) is 0 Å². The monoisotopic (exact) mass is 402 g/mol. The normalized spacial score (nSPS) is 15.5. The summed E-state index contributed by atoms with van der Waals surface area (Å²) in [5.41, 5.74) is 3.83. The zero-order chi connectivity index (χ0) is 18.0. The number of methoxy groups -OCH3 is 2. The Bertz CT molecular complexity index is 865. The number of hydrazine groups is 1. The summed E-state index contributed by atoms with van der Waals surface area (Å²) >= 11 is 3.42. The number of halogens is 1. The standard InChI is InChI=1S/C18H15BrN2O4/c1-24-15-9-11(14(19)10-16(15)25-2)8-13-17(22)20-21(18(13)23)12-6-4-3-5-7-12/h3-10H,1-2H3,(H,20,22)/b13-8-. The van der Waals surface area contributed by atoms with Crippen molar-refractivity contribution in [1.29, 1.82) is 0 Å². The van der Waals surface area contributed by atoms with E-state index >= 15 is 0 Å². The molecule has 0 unspecified atom stereocenters. The van der Waals surface area contributed by atoms with E-state index in [0.717, 1.165) is 0 Å². The molecule has 1 saturated heterocycles. The first-order valence-corrected chi connectivity index (χ1v) is 8.18. The second kappa shape index (κ2) is 6.98. The summed E-state index contributed by atoms with van der Waals surface area (Å²) < 4.78 is 11.2. The maximum absolute atomic E-state index is 12.6. The average molecular weight is 403 g/mol. The number of benzene rings is 2. The van der Waals surface area contributed by atoms with Crippen LogP contribution in [-0.4, -0.2) is 26.0 Å². The first-order valence-electron chi connectivity index (χ1n) is 7.39. The molecule has 0 atom stereocenters. The number of amides is 2. The largest absolute Gasteiger partial charge is 0.493 e. The van der Waals surface area contributed by atoms with Gasteiger partial charge in [0.25, 0.3) is 11.8 Å². The van der Waals surface area contributed by atoms with Crippen LogP contribution in [0, 0.1) is 0 Å². The van der Waals surface area contributed by atoms with Crippen LogP contribution in [0.5, 0.6) is 11.5 Å². The van der Waals surface area contributed by atoms with Crippen molar-refractivity contribution in [3.8, 4) is 11.5 Å². The molecule has 6 nitrogen and oxygen atoms in total. The number of carbonyl (C=O) groups excluding carboxylic acids is 2. The lowest BCUT2D eigenvalue weighted by molar-refractivity contribution is -0.117. The third-order valence-corrected chi connectivity index (χ3v) is 4.40. The van der Waals surface area contributed by atoms with Crippen molar-refractivity contribution in [2.75, 3.05) is 19.2 Å². The molecule has 1 N–H and O–H groups in total. The van der Waals surface area contributed by atoms with E-state index in [0.29, 0.717) is 27.2 Å². The number of nitrogens with zero attached hydrogens (tertiary/aromatic N) is 1.